The zero-order valence-corrected chi connectivity index (χ0v) is 22.4. The quantitative estimate of drug-likeness (QED) is 0.105. The molecule has 7 nitrogen and oxygen atoms in total. The number of para-hydroxylation sites is 2. The second-order valence-electron chi connectivity index (χ2n) is 9.78. The minimum absolute atomic E-state index is 0.161. The van der Waals surface area contributed by atoms with Crippen LogP contribution in [0.3, 0.4) is 0 Å². The van der Waals surface area contributed by atoms with Crippen molar-refractivity contribution in [3.8, 4) is 11.5 Å². The lowest BCUT2D eigenvalue weighted by atomic mass is 10.0. The number of rotatable bonds is 17. The Bertz CT molecular complexity index is 1190. The molecular formula is C31H40N2O5. The fraction of sp³-hybridized carbons (Fsp3) is 0.452. The first kappa shape index (κ1) is 29.0. The van der Waals surface area contributed by atoms with Gasteiger partial charge in [0.2, 0.25) is 0 Å². The number of nitro benzene ring substituents is 1. The number of anilines is 1. The van der Waals surface area contributed by atoms with Crippen LogP contribution in [0.5, 0.6) is 11.5 Å². The van der Waals surface area contributed by atoms with Crippen LogP contribution < -0.4 is 10.1 Å². The molecule has 0 saturated carbocycles. The van der Waals surface area contributed by atoms with Crippen molar-refractivity contribution in [1.82, 2.24) is 0 Å². The van der Waals surface area contributed by atoms with Gasteiger partial charge in [0.05, 0.1) is 28.2 Å². The first-order chi connectivity index (χ1) is 18.5. The third kappa shape index (κ3) is 8.47. The zero-order chi connectivity index (χ0) is 27.2. The number of nitro groups is 1. The van der Waals surface area contributed by atoms with E-state index in [2.05, 4.69) is 12.2 Å². The van der Waals surface area contributed by atoms with Crippen LogP contribution >= 0.6 is 0 Å². The number of benzene rings is 3. The lowest BCUT2D eigenvalue weighted by molar-refractivity contribution is -0.383. The van der Waals surface area contributed by atoms with Gasteiger partial charge in [-0.15, -0.1) is 0 Å². The van der Waals surface area contributed by atoms with Crippen molar-refractivity contribution in [2.75, 3.05) is 11.9 Å². The molecule has 3 aromatic rings. The number of non-ortho nitro benzene ring substituents is 1. The number of phenolic OH excluding ortho intramolecular Hbond substituents is 1. The molecule has 2 N–H and O–H groups in total. The number of carbonyl (C=O) groups is 1. The SMILES string of the molecule is CCCCCCCCCCCCCCOc1ccccc1NC(=O)c1cc([N+](=O)[O-])c2ccccc2c1O. The summed E-state index contributed by atoms with van der Waals surface area (Å²) in [7, 11) is 0. The van der Waals surface area contributed by atoms with Crippen molar-refractivity contribution in [3.05, 3.63) is 70.3 Å². The summed E-state index contributed by atoms with van der Waals surface area (Å²) in [5, 5.41) is 25.6. The normalized spacial score (nSPS) is 11.0. The fourth-order valence-corrected chi connectivity index (χ4v) is 4.68. The first-order valence-electron chi connectivity index (χ1n) is 13.9. The summed E-state index contributed by atoms with van der Waals surface area (Å²) in [6.45, 7) is 2.79. The van der Waals surface area contributed by atoms with Gasteiger partial charge in [-0.3, -0.25) is 14.9 Å². The van der Waals surface area contributed by atoms with Crippen LogP contribution in [-0.4, -0.2) is 22.5 Å². The summed E-state index contributed by atoms with van der Waals surface area (Å²) in [4.78, 5) is 24.1. The van der Waals surface area contributed by atoms with Gasteiger partial charge in [0.1, 0.15) is 11.5 Å². The second kappa shape index (κ2) is 15.6. The van der Waals surface area contributed by atoms with E-state index in [4.69, 9.17) is 4.74 Å². The predicted octanol–water partition coefficient (Wildman–Crippen LogP) is 8.79. The van der Waals surface area contributed by atoms with Crippen molar-refractivity contribution in [2.24, 2.45) is 0 Å². The lowest BCUT2D eigenvalue weighted by Gasteiger charge is -2.14. The molecule has 0 saturated heterocycles. The summed E-state index contributed by atoms with van der Waals surface area (Å²) < 4.78 is 5.94. The maximum absolute atomic E-state index is 13.0. The number of nitrogens with zero attached hydrogens (tertiary/aromatic N) is 1. The number of fused-ring (bicyclic) bond motifs is 1. The van der Waals surface area contributed by atoms with Gasteiger partial charge in [0, 0.05) is 11.5 Å². The monoisotopic (exact) mass is 520 g/mol. The van der Waals surface area contributed by atoms with Crippen LogP contribution in [-0.2, 0) is 0 Å². The van der Waals surface area contributed by atoms with Gasteiger partial charge in [-0.25, -0.2) is 0 Å². The molecule has 0 radical (unpaired) electrons. The Labute approximate surface area is 225 Å². The number of aromatic hydroxyl groups is 1. The summed E-state index contributed by atoms with van der Waals surface area (Å²) in [5.41, 5.74) is 0.0536. The largest absolute Gasteiger partial charge is 0.506 e. The predicted molar refractivity (Wildman–Crippen MR) is 153 cm³/mol. The number of unbranched alkanes of at least 4 members (excludes halogenated alkanes) is 11. The molecule has 38 heavy (non-hydrogen) atoms. The molecule has 0 bridgehead atoms. The van der Waals surface area contributed by atoms with Crippen LogP contribution in [0.25, 0.3) is 10.8 Å². The van der Waals surface area contributed by atoms with Crippen LogP contribution in [0.1, 0.15) is 94.3 Å². The highest BCUT2D eigenvalue weighted by molar-refractivity contribution is 6.12. The lowest BCUT2D eigenvalue weighted by Crippen LogP contribution is -2.14. The second-order valence-corrected chi connectivity index (χ2v) is 9.78. The van der Waals surface area contributed by atoms with E-state index in [9.17, 15) is 20.0 Å². The number of hydrogen-bond acceptors (Lipinski definition) is 5. The van der Waals surface area contributed by atoms with E-state index in [0.29, 0.717) is 18.0 Å². The van der Waals surface area contributed by atoms with Crippen molar-refractivity contribution in [3.63, 3.8) is 0 Å². The standard InChI is InChI=1S/C31H40N2O5/c1-2-3-4-5-6-7-8-9-10-11-12-17-22-38-29-21-16-15-20-27(29)32-31(35)26-23-28(33(36)37)24-18-13-14-19-25(24)30(26)34/h13-16,18-21,23,34H,2-12,17,22H2,1H3,(H,32,35). The average Bonchev–Trinajstić information content (AvgIpc) is 2.92. The Kier molecular flexibility index (Phi) is 11.9. The Hall–Kier alpha value is -3.61. The molecule has 0 spiro atoms. The Morgan fingerprint density at radius 3 is 2.03 bits per heavy atom. The van der Waals surface area contributed by atoms with Crippen molar-refractivity contribution in [2.45, 2.75) is 84.0 Å². The van der Waals surface area contributed by atoms with E-state index in [1.807, 2.05) is 6.07 Å². The summed E-state index contributed by atoms with van der Waals surface area (Å²) >= 11 is 0. The van der Waals surface area contributed by atoms with Crippen LogP contribution in [0.15, 0.2) is 54.6 Å². The Balaban J connectivity index is 1.47. The number of nitrogens with one attached hydrogen (secondary N) is 1. The van der Waals surface area contributed by atoms with Crippen molar-refractivity contribution in [1.29, 1.82) is 0 Å². The van der Waals surface area contributed by atoms with Gasteiger partial charge < -0.3 is 15.2 Å². The molecule has 0 aliphatic heterocycles. The van der Waals surface area contributed by atoms with Gasteiger partial charge in [-0.1, -0.05) is 108 Å². The Morgan fingerprint density at radius 1 is 0.842 bits per heavy atom. The number of amides is 1. The minimum atomic E-state index is -0.641. The smallest absolute Gasteiger partial charge is 0.278 e. The molecule has 3 rings (SSSR count). The Morgan fingerprint density at radius 2 is 1.39 bits per heavy atom. The molecule has 0 aliphatic rings. The van der Waals surface area contributed by atoms with Crippen molar-refractivity contribution >= 4 is 28.1 Å². The highest BCUT2D eigenvalue weighted by atomic mass is 16.6. The molecule has 3 aromatic carbocycles. The van der Waals surface area contributed by atoms with Crippen LogP contribution in [0.4, 0.5) is 11.4 Å². The van der Waals surface area contributed by atoms with Gasteiger partial charge in [-0.2, -0.15) is 0 Å². The van der Waals surface area contributed by atoms with E-state index in [-0.39, 0.29) is 27.8 Å². The van der Waals surface area contributed by atoms with E-state index in [1.54, 1.807) is 42.5 Å². The molecular weight excluding hydrogens is 480 g/mol. The molecule has 0 fully saturated rings. The van der Waals surface area contributed by atoms with Gasteiger partial charge in [0.15, 0.2) is 0 Å². The van der Waals surface area contributed by atoms with Gasteiger partial charge >= 0.3 is 0 Å². The number of ether oxygens (including phenoxy) is 1. The van der Waals surface area contributed by atoms with Gasteiger partial charge in [-0.05, 0) is 24.6 Å². The summed E-state index contributed by atoms with van der Waals surface area (Å²) in [6.07, 6.45) is 15.2. The van der Waals surface area contributed by atoms with Crippen LogP contribution in [0, 0.1) is 10.1 Å². The topological polar surface area (TPSA) is 102 Å². The third-order valence-electron chi connectivity index (χ3n) is 6.83. The van der Waals surface area contributed by atoms with Crippen LogP contribution in [0.2, 0.25) is 0 Å². The third-order valence-corrected chi connectivity index (χ3v) is 6.83. The highest BCUT2D eigenvalue weighted by Gasteiger charge is 2.23. The minimum Gasteiger partial charge on any atom is -0.506 e. The summed E-state index contributed by atoms with van der Waals surface area (Å²) in [5.74, 6) is -0.407. The molecule has 7 heteroatoms. The molecule has 204 valence electrons. The number of carbonyl (C=O) groups excluding carboxylic acids is 1. The average molecular weight is 521 g/mol. The molecule has 0 heterocycles. The fourth-order valence-electron chi connectivity index (χ4n) is 4.68. The highest BCUT2D eigenvalue weighted by Crippen LogP contribution is 2.36. The van der Waals surface area contributed by atoms with E-state index >= 15 is 0 Å². The molecule has 0 unspecified atom stereocenters. The number of hydrogen-bond donors (Lipinski definition) is 2. The molecule has 0 atom stereocenters. The number of phenols is 1. The van der Waals surface area contributed by atoms with Crippen molar-refractivity contribution < 1.29 is 19.6 Å². The zero-order valence-electron chi connectivity index (χ0n) is 22.4. The molecule has 0 aromatic heterocycles. The molecule has 1 amide bonds. The maximum Gasteiger partial charge on any atom is 0.278 e. The van der Waals surface area contributed by atoms with E-state index in [0.717, 1.165) is 18.9 Å². The van der Waals surface area contributed by atoms with Gasteiger partial charge in [0.25, 0.3) is 11.6 Å². The maximum atomic E-state index is 13.0. The van der Waals surface area contributed by atoms with E-state index in [1.165, 1.54) is 64.2 Å². The summed E-state index contributed by atoms with van der Waals surface area (Å²) in [6, 6.07) is 14.6. The first-order valence-corrected chi connectivity index (χ1v) is 13.9. The molecule has 0 aliphatic carbocycles. The van der Waals surface area contributed by atoms with E-state index < -0.39 is 10.8 Å².